The fourth-order valence-electron chi connectivity index (χ4n) is 2.32. The molecule has 1 heterocycles. The highest BCUT2D eigenvalue weighted by Crippen LogP contribution is 2.24. The quantitative estimate of drug-likeness (QED) is 0.921. The van der Waals surface area contributed by atoms with Crippen molar-refractivity contribution in [3.05, 3.63) is 34.6 Å². The van der Waals surface area contributed by atoms with Crippen LogP contribution in [-0.4, -0.2) is 36.6 Å². The second kappa shape index (κ2) is 7.40. The first-order valence-corrected chi connectivity index (χ1v) is 6.87. The average molecular weight is 337 g/mol. The molecule has 0 radical (unpaired) electrons. The summed E-state index contributed by atoms with van der Waals surface area (Å²) in [7, 11) is 1.61. The summed E-state index contributed by atoms with van der Waals surface area (Å²) in [6, 6.07) is 4.46. The van der Waals surface area contributed by atoms with Gasteiger partial charge in [0.15, 0.2) is 0 Å². The van der Waals surface area contributed by atoms with Crippen LogP contribution in [0, 0.1) is 5.82 Å². The number of likely N-dealkylation sites (N-methyl/N-ethyl adjacent to an activating group) is 1. The Morgan fingerprint density at radius 2 is 2.10 bits per heavy atom. The van der Waals surface area contributed by atoms with Crippen LogP contribution >= 0.6 is 24.0 Å². The number of hydrogen-bond acceptors (Lipinski definition) is 3. The van der Waals surface area contributed by atoms with Crippen LogP contribution in [0.1, 0.15) is 18.4 Å². The van der Waals surface area contributed by atoms with E-state index in [0.717, 1.165) is 0 Å². The fraction of sp³-hybridized carbons (Fsp3) is 0.500. The number of carbonyl (C=O) groups is 1. The van der Waals surface area contributed by atoms with E-state index >= 15 is 0 Å². The summed E-state index contributed by atoms with van der Waals surface area (Å²) in [4.78, 5) is 13.9. The second-order valence-corrected chi connectivity index (χ2v) is 5.54. The van der Waals surface area contributed by atoms with Gasteiger partial charge in [0.2, 0.25) is 5.91 Å². The third-order valence-corrected chi connectivity index (χ3v) is 3.97. The maximum atomic E-state index is 13.7. The molecule has 1 aliphatic heterocycles. The van der Waals surface area contributed by atoms with Crippen LogP contribution in [-0.2, 0) is 16.1 Å². The average Bonchev–Trinajstić information content (AvgIpc) is 2.43. The Morgan fingerprint density at radius 1 is 1.48 bits per heavy atom. The lowest BCUT2D eigenvalue weighted by atomic mass is 9.89. The van der Waals surface area contributed by atoms with E-state index in [9.17, 15) is 9.18 Å². The summed E-state index contributed by atoms with van der Waals surface area (Å²) in [5, 5.41) is 0.308. The molecular formula is C14H19Cl2FN2O2. The van der Waals surface area contributed by atoms with Crippen molar-refractivity contribution < 1.29 is 13.9 Å². The van der Waals surface area contributed by atoms with E-state index in [1.54, 1.807) is 13.1 Å². The van der Waals surface area contributed by atoms with Crippen molar-refractivity contribution in [3.8, 4) is 0 Å². The lowest BCUT2D eigenvalue weighted by Gasteiger charge is -2.35. The predicted octanol–water partition coefficient (Wildman–Crippen LogP) is 2.37. The van der Waals surface area contributed by atoms with Gasteiger partial charge < -0.3 is 15.4 Å². The Morgan fingerprint density at radius 3 is 2.67 bits per heavy atom. The Kier molecular flexibility index (Phi) is 6.41. The molecule has 1 saturated heterocycles. The molecule has 21 heavy (non-hydrogen) atoms. The lowest BCUT2D eigenvalue weighted by Crippen LogP contribution is -2.57. The zero-order valence-corrected chi connectivity index (χ0v) is 13.3. The van der Waals surface area contributed by atoms with Crippen LogP contribution in [0.5, 0.6) is 0 Å². The molecule has 1 aliphatic rings. The molecule has 0 bridgehead atoms. The molecule has 2 rings (SSSR count). The van der Waals surface area contributed by atoms with Crippen molar-refractivity contribution in [2.75, 3.05) is 20.3 Å². The zero-order valence-electron chi connectivity index (χ0n) is 11.8. The lowest BCUT2D eigenvalue weighted by molar-refractivity contribution is -0.139. The van der Waals surface area contributed by atoms with E-state index in [1.807, 2.05) is 0 Å². The zero-order chi connectivity index (χ0) is 14.8. The molecule has 1 fully saturated rings. The molecular weight excluding hydrogens is 318 g/mol. The summed E-state index contributed by atoms with van der Waals surface area (Å²) < 4.78 is 19.0. The number of benzene rings is 1. The first-order valence-electron chi connectivity index (χ1n) is 6.49. The topological polar surface area (TPSA) is 55.6 Å². The summed E-state index contributed by atoms with van der Waals surface area (Å²) in [5.74, 6) is -0.629. The number of rotatable bonds is 3. The van der Waals surface area contributed by atoms with Gasteiger partial charge in [-0.05, 0) is 25.0 Å². The monoisotopic (exact) mass is 336 g/mol. The van der Waals surface area contributed by atoms with E-state index in [-0.39, 0.29) is 24.9 Å². The normalized spacial score (nSPS) is 17.0. The SMILES string of the molecule is CN(Cc1c(F)cccc1Cl)C(=O)C1(N)CCOCC1.Cl. The molecule has 0 aromatic heterocycles. The number of ether oxygens (including phenoxy) is 1. The maximum Gasteiger partial charge on any atom is 0.242 e. The first-order chi connectivity index (χ1) is 9.44. The van der Waals surface area contributed by atoms with Crippen molar-refractivity contribution in [2.45, 2.75) is 24.9 Å². The summed E-state index contributed by atoms with van der Waals surface area (Å²) in [6.07, 6.45) is 0.947. The van der Waals surface area contributed by atoms with Crippen molar-refractivity contribution in [1.82, 2.24) is 4.90 Å². The molecule has 0 aliphatic carbocycles. The van der Waals surface area contributed by atoms with Gasteiger partial charge in [-0.3, -0.25) is 4.79 Å². The van der Waals surface area contributed by atoms with Gasteiger partial charge in [0, 0.05) is 37.4 Å². The summed E-state index contributed by atoms with van der Waals surface area (Å²) in [5.41, 5.74) is 5.52. The highest BCUT2D eigenvalue weighted by molar-refractivity contribution is 6.31. The second-order valence-electron chi connectivity index (χ2n) is 5.13. The van der Waals surface area contributed by atoms with E-state index < -0.39 is 11.4 Å². The molecule has 7 heteroatoms. The van der Waals surface area contributed by atoms with Crippen LogP contribution in [0.4, 0.5) is 4.39 Å². The van der Waals surface area contributed by atoms with Gasteiger partial charge in [0.25, 0.3) is 0 Å². The third kappa shape index (κ3) is 4.07. The highest BCUT2D eigenvalue weighted by atomic mass is 35.5. The Balaban J connectivity index is 0.00000220. The van der Waals surface area contributed by atoms with Crippen LogP contribution in [0.2, 0.25) is 5.02 Å². The molecule has 0 atom stereocenters. The summed E-state index contributed by atoms with van der Waals surface area (Å²) in [6.45, 7) is 1.04. The third-order valence-electron chi connectivity index (χ3n) is 3.61. The molecule has 1 aromatic rings. The van der Waals surface area contributed by atoms with Crippen LogP contribution in [0.25, 0.3) is 0 Å². The molecule has 0 unspecified atom stereocenters. The van der Waals surface area contributed by atoms with E-state index in [1.165, 1.54) is 17.0 Å². The number of nitrogens with zero attached hydrogens (tertiary/aromatic N) is 1. The van der Waals surface area contributed by atoms with Gasteiger partial charge >= 0.3 is 0 Å². The van der Waals surface area contributed by atoms with Crippen LogP contribution < -0.4 is 5.73 Å². The smallest absolute Gasteiger partial charge is 0.242 e. The number of hydrogen-bond donors (Lipinski definition) is 1. The van der Waals surface area contributed by atoms with Crippen molar-refractivity contribution in [1.29, 1.82) is 0 Å². The fourth-order valence-corrected chi connectivity index (χ4v) is 2.54. The predicted molar refractivity (Wildman–Crippen MR) is 82.1 cm³/mol. The van der Waals surface area contributed by atoms with E-state index in [4.69, 9.17) is 22.1 Å². The van der Waals surface area contributed by atoms with Crippen LogP contribution in [0.3, 0.4) is 0 Å². The van der Waals surface area contributed by atoms with Gasteiger partial charge in [-0.2, -0.15) is 0 Å². The number of nitrogens with two attached hydrogens (primary N) is 1. The van der Waals surface area contributed by atoms with E-state index in [2.05, 4.69) is 0 Å². The molecule has 0 saturated carbocycles. The largest absolute Gasteiger partial charge is 0.381 e. The van der Waals surface area contributed by atoms with Gasteiger partial charge in [-0.25, -0.2) is 4.39 Å². The molecule has 1 amide bonds. The minimum Gasteiger partial charge on any atom is -0.381 e. The number of amides is 1. The Hall–Kier alpha value is -0.880. The number of carbonyl (C=O) groups excluding carboxylic acids is 1. The molecule has 0 spiro atoms. The minimum atomic E-state index is -0.926. The Bertz CT molecular complexity index is 487. The highest BCUT2D eigenvalue weighted by Gasteiger charge is 2.38. The van der Waals surface area contributed by atoms with Gasteiger partial charge in [0.1, 0.15) is 5.82 Å². The van der Waals surface area contributed by atoms with Crippen LogP contribution in [0.15, 0.2) is 18.2 Å². The molecule has 2 N–H and O–H groups in total. The first kappa shape index (κ1) is 18.2. The van der Waals surface area contributed by atoms with Gasteiger partial charge in [-0.15, -0.1) is 12.4 Å². The van der Waals surface area contributed by atoms with Gasteiger partial charge in [-0.1, -0.05) is 17.7 Å². The van der Waals surface area contributed by atoms with E-state index in [0.29, 0.717) is 36.6 Å². The van der Waals surface area contributed by atoms with Gasteiger partial charge in [0.05, 0.1) is 5.54 Å². The van der Waals surface area contributed by atoms with Crippen molar-refractivity contribution >= 4 is 29.9 Å². The molecule has 4 nitrogen and oxygen atoms in total. The maximum absolute atomic E-state index is 13.7. The van der Waals surface area contributed by atoms with Crippen molar-refractivity contribution in [2.24, 2.45) is 5.73 Å². The number of halogens is 3. The Labute approximate surface area is 134 Å². The van der Waals surface area contributed by atoms with Crippen molar-refractivity contribution in [3.63, 3.8) is 0 Å². The minimum absolute atomic E-state index is 0. The standard InChI is InChI=1S/C14H18ClFN2O2.ClH/c1-18(9-10-11(15)3-2-4-12(10)16)13(19)14(17)5-7-20-8-6-14;/h2-4H,5-9,17H2,1H3;1H. The molecule has 118 valence electrons. The molecule has 1 aromatic carbocycles. The summed E-state index contributed by atoms with van der Waals surface area (Å²) >= 11 is 5.97.